The highest BCUT2D eigenvalue weighted by Gasteiger charge is 2.23. The van der Waals surface area contributed by atoms with Gasteiger partial charge in [0.05, 0.1) is 12.7 Å². The third kappa shape index (κ3) is 4.64. The molecule has 2 aromatic rings. The summed E-state index contributed by atoms with van der Waals surface area (Å²) in [6.07, 6.45) is 0.967. The maximum absolute atomic E-state index is 13.6. The third-order valence-corrected chi connectivity index (χ3v) is 3.47. The van der Waals surface area contributed by atoms with Crippen molar-refractivity contribution in [3.05, 3.63) is 71.5 Å². The second-order valence-corrected chi connectivity index (χ2v) is 5.05. The predicted molar refractivity (Wildman–Crippen MR) is 84.4 cm³/mol. The Bertz CT molecular complexity index is 673. The van der Waals surface area contributed by atoms with Crippen molar-refractivity contribution in [1.82, 2.24) is 5.32 Å². The van der Waals surface area contributed by atoms with Crippen LogP contribution in [0, 0.1) is 5.82 Å². The van der Waals surface area contributed by atoms with Crippen LogP contribution in [0.5, 0.6) is 0 Å². The van der Waals surface area contributed by atoms with Crippen LogP contribution in [0.3, 0.4) is 0 Å². The van der Waals surface area contributed by atoms with E-state index in [9.17, 15) is 14.0 Å². The number of benzene rings is 2. The van der Waals surface area contributed by atoms with Crippen molar-refractivity contribution >= 4 is 11.9 Å². The van der Waals surface area contributed by atoms with Gasteiger partial charge in [0.1, 0.15) is 11.9 Å². The zero-order chi connectivity index (χ0) is 16.7. The molecule has 1 N–H and O–H groups in total. The van der Waals surface area contributed by atoms with Crippen molar-refractivity contribution in [3.63, 3.8) is 0 Å². The van der Waals surface area contributed by atoms with E-state index in [0.29, 0.717) is 12.8 Å². The minimum absolute atomic E-state index is 0.0962. The van der Waals surface area contributed by atoms with Gasteiger partial charge in [-0.3, -0.25) is 4.79 Å². The zero-order valence-electron chi connectivity index (χ0n) is 12.8. The molecule has 0 radical (unpaired) electrons. The van der Waals surface area contributed by atoms with Gasteiger partial charge < -0.3 is 10.1 Å². The summed E-state index contributed by atoms with van der Waals surface area (Å²) in [4.78, 5) is 24.0. The normalized spacial score (nSPS) is 11.6. The Morgan fingerprint density at radius 1 is 1.09 bits per heavy atom. The zero-order valence-corrected chi connectivity index (χ0v) is 12.8. The average molecular weight is 315 g/mol. The largest absolute Gasteiger partial charge is 0.467 e. The van der Waals surface area contributed by atoms with Crippen LogP contribution in [0.15, 0.2) is 54.6 Å². The number of carbonyl (C=O) groups is 2. The van der Waals surface area contributed by atoms with Crippen LogP contribution < -0.4 is 5.32 Å². The highest BCUT2D eigenvalue weighted by molar-refractivity contribution is 5.96. The van der Waals surface area contributed by atoms with E-state index < -0.39 is 23.7 Å². The summed E-state index contributed by atoms with van der Waals surface area (Å²) >= 11 is 0. The van der Waals surface area contributed by atoms with Crippen molar-refractivity contribution in [2.75, 3.05) is 7.11 Å². The van der Waals surface area contributed by atoms with Gasteiger partial charge in [-0.15, -0.1) is 0 Å². The number of methoxy groups -OCH3 is 1. The second kappa shape index (κ2) is 8.08. The van der Waals surface area contributed by atoms with Crippen LogP contribution in [-0.4, -0.2) is 25.0 Å². The molecule has 0 saturated carbocycles. The monoisotopic (exact) mass is 315 g/mol. The molecule has 0 heterocycles. The maximum atomic E-state index is 13.6. The molecule has 0 bridgehead atoms. The fourth-order valence-corrected chi connectivity index (χ4v) is 2.23. The Hall–Kier alpha value is -2.69. The van der Waals surface area contributed by atoms with Crippen LogP contribution in [0.4, 0.5) is 4.39 Å². The molecule has 0 aliphatic rings. The van der Waals surface area contributed by atoms with E-state index in [0.717, 1.165) is 5.56 Å². The minimum Gasteiger partial charge on any atom is -0.467 e. The molecule has 0 unspecified atom stereocenters. The molecule has 23 heavy (non-hydrogen) atoms. The van der Waals surface area contributed by atoms with E-state index in [1.54, 1.807) is 6.07 Å². The van der Waals surface area contributed by atoms with Crippen LogP contribution >= 0.6 is 0 Å². The lowest BCUT2D eigenvalue weighted by atomic mass is 10.0. The van der Waals surface area contributed by atoms with Gasteiger partial charge in [-0.05, 0) is 30.5 Å². The summed E-state index contributed by atoms with van der Waals surface area (Å²) in [5.74, 6) is -1.81. The molecular formula is C18H18FNO3. The van der Waals surface area contributed by atoms with E-state index in [2.05, 4.69) is 5.32 Å². The second-order valence-electron chi connectivity index (χ2n) is 5.05. The van der Waals surface area contributed by atoms with E-state index in [1.807, 2.05) is 30.3 Å². The van der Waals surface area contributed by atoms with Crippen molar-refractivity contribution < 1.29 is 18.7 Å². The van der Waals surface area contributed by atoms with Gasteiger partial charge in [0.15, 0.2) is 0 Å². The summed E-state index contributed by atoms with van der Waals surface area (Å²) < 4.78 is 18.4. The molecule has 0 aromatic heterocycles. The summed E-state index contributed by atoms with van der Waals surface area (Å²) in [5, 5.41) is 2.54. The summed E-state index contributed by atoms with van der Waals surface area (Å²) in [6.45, 7) is 0. The molecule has 2 aromatic carbocycles. The Morgan fingerprint density at radius 3 is 2.39 bits per heavy atom. The molecule has 1 amide bonds. The van der Waals surface area contributed by atoms with Gasteiger partial charge in [-0.2, -0.15) is 0 Å². The first kappa shape index (κ1) is 16.7. The standard InChI is InChI=1S/C18H18FNO3/c1-23-18(22)16(12-11-13-7-3-2-4-8-13)20-17(21)14-9-5-6-10-15(14)19/h2-10,16H,11-12H2,1H3,(H,20,21)/t16-/m1/s1. The number of halogens is 1. The molecular weight excluding hydrogens is 297 g/mol. The molecule has 2 rings (SSSR count). The van der Waals surface area contributed by atoms with E-state index in [4.69, 9.17) is 4.74 Å². The van der Waals surface area contributed by atoms with Gasteiger partial charge in [-0.25, -0.2) is 9.18 Å². The molecule has 120 valence electrons. The predicted octanol–water partition coefficient (Wildman–Crippen LogP) is 2.73. The number of hydrogen-bond donors (Lipinski definition) is 1. The third-order valence-electron chi connectivity index (χ3n) is 3.47. The highest BCUT2D eigenvalue weighted by atomic mass is 19.1. The van der Waals surface area contributed by atoms with Crippen molar-refractivity contribution in [3.8, 4) is 0 Å². The average Bonchev–Trinajstić information content (AvgIpc) is 2.59. The van der Waals surface area contributed by atoms with Crippen molar-refractivity contribution in [1.29, 1.82) is 0 Å². The lowest BCUT2D eigenvalue weighted by Crippen LogP contribution is -2.42. The Balaban J connectivity index is 2.05. The van der Waals surface area contributed by atoms with Gasteiger partial charge >= 0.3 is 5.97 Å². The van der Waals surface area contributed by atoms with E-state index in [-0.39, 0.29) is 5.56 Å². The van der Waals surface area contributed by atoms with E-state index in [1.165, 1.54) is 25.3 Å². The van der Waals surface area contributed by atoms with Gasteiger partial charge in [0, 0.05) is 0 Å². The van der Waals surface area contributed by atoms with Crippen LogP contribution in [0.25, 0.3) is 0 Å². The molecule has 0 saturated heterocycles. The molecule has 0 aliphatic carbocycles. The highest BCUT2D eigenvalue weighted by Crippen LogP contribution is 2.10. The summed E-state index contributed by atoms with van der Waals surface area (Å²) in [6, 6.07) is 14.4. The van der Waals surface area contributed by atoms with Crippen LogP contribution in [0.2, 0.25) is 0 Å². The SMILES string of the molecule is COC(=O)[C@@H](CCc1ccccc1)NC(=O)c1ccccc1F. The van der Waals surface area contributed by atoms with Gasteiger partial charge in [0.2, 0.25) is 0 Å². The smallest absolute Gasteiger partial charge is 0.328 e. The van der Waals surface area contributed by atoms with Crippen LogP contribution in [-0.2, 0) is 16.0 Å². The number of ether oxygens (including phenoxy) is 1. The summed E-state index contributed by atoms with van der Waals surface area (Å²) in [7, 11) is 1.26. The molecule has 0 fully saturated rings. The number of amides is 1. The van der Waals surface area contributed by atoms with Gasteiger partial charge in [-0.1, -0.05) is 42.5 Å². The minimum atomic E-state index is -0.827. The van der Waals surface area contributed by atoms with Crippen molar-refractivity contribution in [2.45, 2.75) is 18.9 Å². The fourth-order valence-electron chi connectivity index (χ4n) is 2.23. The Labute approximate surface area is 134 Å². The quantitative estimate of drug-likeness (QED) is 0.834. The van der Waals surface area contributed by atoms with E-state index >= 15 is 0 Å². The molecule has 4 nitrogen and oxygen atoms in total. The number of rotatable bonds is 6. The lowest BCUT2D eigenvalue weighted by molar-refractivity contribution is -0.143. The van der Waals surface area contributed by atoms with Crippen LogP contribution in [0.1, 0.15) is 22.3 Å². The number of carbonyl (C=O) groups excluding carboxylic acids is 2. The lowest BCUT2D eigenvalue weighted by Gasteiger charge is -2.16. The fraction of sp³-hybridized carbons (Fsp3) is 0.222. The Kier molecular flexibility index (Phi) is 5.86. The number of aryl methyl sites for hydroxylation is 1. The number of hydrogen-bond acceptors (Lipinski definition) is 3. The summed E-state index contributed by atoms with van der Waals surface area (Å²) in [5.41, 5.74) is 0.947. The van der Waals surface area contributed by atoms with Gasteiger partial charge in [0.25, 0.3) is 5.91 Å². The Morgan fingerprint density at radius 2 is 1.74 bits per heavy atom. The first-order valence-electron chi connectivity index (χ1n) is 7.29. The first-order chi connectivity index (χ1) is 11.1. The van der Waals surface area contributed by atoms with Crippen molar-refractivity contribution in [2.24, 2.45) is 0 Å². The molecule has 1 atom stereocenters. The molecule has 5 heteroatoms. The maximum Gasteiger partial charge on any atom is 0.328 e. The topological polar surface area (TPSA) is 55.4 Å². The number of nitrogens with one attached hydrogen (secondary N) is 1. The number of esters is 1. The molecule has 0 aliphatic heterocycles. The first-order valence-corrected chi connectivity index (χ1v) is 7.29. The molecule has 0 spiro atoms.